The van der Waals surface area contributed by atoms with Crippen molar-refractivity contribution in [3.05, 3.63) is 88.5 Å². The summed E-state index contributed by atoms with van der Waals surface area (Å²) in [4.78, 5) is 31.4. The minimum absolute atomic E-state index is 0.156. The molecule has 0 saturated heterocycles. The first-order valence-corrected chi connectivity index (χ1v) is 9.69. The molecule has 0 saturated carbocycles. The molecule has 28 heavy (non-hydrogen) atoms. The molecule has 2 aromatic carbocycles. The molecule has 2 heterocycles. The predicted octanol–water partition coefficient (Wildman–Crippen LogP) is 4.18. The summed E-state index contributed by atoms with van der Waals surface area (Å²) < 4.78 is 6.68. The minimum atomic E-state index is -0.464. The summed E-state index contributed by atoms with van der Waals surface area (Å²) in [5.74, 6) is 0.0318. The number of benzene rings is 2. The van der Waals surface area contributed by atoms with E-state index >= 15 is 0 Å². The second-order valence-corrected chi connectivity index (χ2v) is 7.42. The van der Waals surface area contributed by atoms with Gasteiger partial charge in [-0.05, 0) is 24.1 Å². The van der Waals surface area contributed by atoms with Gasteiger partial charge in [0.1, 0.15) is 23.8 Å². The molecular weight excluding hydrogens is 372 g/mol. The Morgan fingerprint density at radius 3 is 2.46 bits per heavy atom. The summed E-state index contributed by atoms with van der Waals surface area (Å²) in [5, 5.41) is 0.519. The molecule has 0 aliphatic rings. The number of nitrogens with zero attached hydrogens (tertiary/aromatic N) is 2. The van der Waals surface area contributed by atoms with Crippen LogP contribution in [0.1, 0.15) is 11.4 Å². The van der Waals surface area contributed by atoms with Crippen molar-refractivity contribution in [2.45, 2.75) is 20.1 Å². The Morgan fingerprint density at radius 2 is 1.75 bits per heavy atom. The first-order chi connectivity index (χ1) is 13.6. The van der Waals surface area contributed by atoms with Gasteiger partial charge < -0.3 is 4.74 Å². The molecule has 0 aliphatic carbocycles. The molecular formula is C22H18N2O3S. The van der Waals surface area contributed by atoms with Crippen molar-refractivity contribution in [3.63, 3.8) is 0 Å². The second-order valence-electron chi connectivity index (χ2n) is 6.39. The van der Waals surface area contributed by atoms with Crippen LogP contribution in [0.15, 0.2) is 71.5 Å². The number of hydrogen-bond donors (Lipinski definition) is 0. The zero-order chi connectivity index (χ0) is 19.5. The van der Waals surface area contributed by atoms with Crippen LogP contribution in [0.3, 0.4) is 0 Å². The van der Waals surface area contributed by atoms with E-state index in [9.17, 15) is 9.59 Å². The average molecular weight is 390 g/mol. The SMILES string of the molecule is Cc1nc2sc(-c3ccccc3)cc2c(=O)n1CC(=O)OCc1ccccc1. The molecule has 0 radical (unpaired) electrons. The Labute approximate surface area is 165 Å². The van der Waals surface area contributed by atoms with Gasteiger partial charge in [-0.25, -0.2) is 4.98 Å². The third kappa shape index (κ3) is 3.73. The molecule has 0 amide bonds. The molecule has 0 spiro atoms. The van der Waals surface area contributed by atoms with E-state index in [1.54, 1.807) is 6.92 Å². The molecule has 4 rings (SSSR count). The molecule has 0 fully saturated rings. The second kappa shape index (κ2) is 7.78. The van der Waals surface area contributed by atoms with Gasteiger partial charge in [-0.1, -0.05) is 60.7 Å². The standard InChI is InChI=1S/C22H18N2O3S/c1-15-23-21-18(12-19(28-21)17-10-6-3-7-11-17)22(26)24(15)13-20(25)27-14-16-8-4-2-5-9-16/h2-12H,13-14H2,1H3. The predicted molar refractivity (Wildman–Crippen MR) is 110 cm³/mol. The third-order valence-corrected chi connectivity index (χ3v) is 5.51. The minimum Gasteiger partial charge on any atom is -0.459 e. The molecule has 0 N–H and O–H groups in total. The van der Waals surface area contributed by atoms with E-state index in [4.69, 9.17) is 4.74 Å². The zero-order valence-electron chi connectivity index (χ0n) is 15.3. The van der Waals surface area contributed by atoms with Crippen LogP contribution in [0.2, 0.25) is 0 Å². The van der Waals surface area contributed by atoms with Crippen LogP contribution < -0.4 is 5.56 Å². The first-order valence-electron chi connectivity index (χ1n) is 8.88. The molecule has 2 aromatic heterocycles. The number of hydrogen-bond acceptors (Lipinski definition) is 5. The van der Waals surface area contributed by atoms with Gasteiger partial charge in [-0.15, -0.1) is 11.3 Å². The number of ether oxygens (including phenoxy) is 1. The largest absolute Gasteiger partial charge is 0.459 e. The number of thiophene rings is 1. The smallest absolute Gasteiger partial charge is 0.326 e. The Bertz CT molecular complexity index is 1180. The van der Waals surface area contributed by atoms with Crippen LogP contribution in [-0.4, -0.2) is 15.5 Å². The fourth-order valence-corrected chi connectivity index (χ4v) is 4.03. The average Bonchev–Trinajstić information content (AvgIpc) is 3.15. The van der Waals surface area contributed by atoms with E-state index in [1.165, 1.54) is 15.9 Å². The van der Waals surface area contributed by atoms with Gasteiger partial charge in [0.25, 0.3) is 5.56 Å². The van der Waals surface area contributed by atoms with Crippen molar-refractivity contribution in [3.8, 4) is 10.4 Å². The monoisotopic (exact) mass is 390 g/mol. The maximum Gasteiger partial charge on any atom is 0.326 e. The van der Waals surface area contributed by atoms with Crippen LogP contribution in [0.5, 0.6) is 0 Å². The van der Waals surface area contributed by atoms with Crippen molar-refractivity contribution in [2.75, 3.05) is 0 Å². The molecule has 140 valence electrons. The van der Waals surface area contributed by atoms with Crippen LogP contribution in [0.25, 0.3) is 20.7 Å². The lowest BCUT2D eigenvalue weighted by atomic mass is 10.2. The normalized spacial score (nSPS) is 10.9. The number of aromatic nitrogens is 2. The van der Waals surface area contributed by atoms with Crippen molar-refractivity contribution in [2.24, 2.45) is 0 Å². The highest BCUT2D eigenvalue weighted by atomic mass is 32.1. The van der Waals surface area contributed by atoms with Gasteiger partial charge in [-0.3, -0.25) is 14.2 Å². The Kier molecular flexibility index (Phi) is 5.04. The number of fused-ring (bicyclic) bond motifs is 1. The molecule has 4 aromatic rings. The number of carbonyl (C=O) groups excluding carboxylic acids is 1. The Balaban J connectivity index is 1.59. The first kappa shape index (κ1) is 18.1. The maximum atomic E-state index is 12.9. The van der Waals surface area contributed by atoms with Gasteiger partial charge in [0.2, 0.25) is 0 Å². The highest BCUT2D eigenvalue weighted by Crippen LogP contribution is 2.30. The van der Waals surface area contributed by atoms with Crippen LogP contribution in [0.4, 0.5) is 0 Å². The molecule has 0 unspecified atom stereocenters. The highest BCUT2D eigenvalue weighted by molar-refractivity contribution is 7.21. The van der Waals surface area contributed by atoms with E-state index in [2.05, 4.69) is 4.98 Å². The summed E-state index contributed by atoms with van der Waals surface area (Å²) in [6.07, 6.45) is 0. The van der Waals surface area contributed by atoms with Crippen LogP contribution >= 0.6 is 11.3 Å². The number of esters is 1. The quantitative estimate of drug-likeness (QED) is 0.480. The van der Waals surface area contributed by atoms with Crippen molar-refractivity contribution < 1.29 is 9.53 Å². The van der Waals surface area contributed by atoms with Crippen LogP contribution in [-0.2, 0) is 22.7 Å². The number of aryl methyl sites for hydroxylation is 1. The summed E-state index contributed by atoms with van der Waals surface area (Å²) in [6, 6.07) is 21.1. The Hall–Kier alpha value is -3.25. The van der Waals surface area contributed by atoms with Crippen LogP contribution in [0, 0.1) is 6.92 Å². The summed E-state index contributed by atoms with van der Waals surface area (Å²) in [6.45, 7) is 1.75. The van der Waals surface area contributed by atoms with E-state index in [-0.39, 0.29) is 18.7 Å². The van der Waals surface area contributed by atoms with Crippen molar-refractivity contribution in [1.29, 1.82) is 0 Å². The van der Waals surface area contributed by atoms with E-state index in [1.807, 2.05) is 66.7 Å². The fraction of sp³-hybridized carbons (Fsp3) is 0.136. The maximum absolute atomic E-state index is 12.9. The topological polar surface area (TPSA) is 61.2 Å². The Morgan fingerprint density at radius 1 is 1.07 bits per heavy atom. The molecule has 0 atom stereocenters. The molecule has 5 nitrogen and oxygen atoms in total. The summed E-state index contributed by atoms with van der Waals surface area (Å²) >= 11 is 1.47. The van der Waals surface area contributed by atoms with Gasteiger partial charge in [0.05, 0.1) is 5.39 Å². The van der Waals surface area contributed by atoms with Gasteiger partial charge >= 0.3 is 5.97 Å². The van der Waals surface area contributed by atoms with Gasteiger partial charge in [-0.2, -0.15) is 0 Å². The highest BCUT2D eigenvalue weighted by Gasteiger charge is 2.15. The van der Waals surface area contributed by atoms with Crippen molar-refractivity contribution >= 4 is 27.5 Å². The van der Waals surface area contributed by atoms with Crippen molar-refractivity contribution in [1.82, 2.24) is 9.55 Å². The van der Waals surface area contributed by atoms with E-state index < -0.39 is 5.97 Å². The molecule has 0 aliphatic heterocycles. The number of carbonyl (C=O) groups is 1. The summed E-state index contributed by atoms with van der Waals surface area (Å²) in [7, 11) is 0. The third-order valence-electron chi connectivity index (χ3n) is 4.43. The van der Waals surface area contributed by atoms with E-state index in [0.717, 1.165) is 16.0 Å². The van der Waals surface area contributed by atoms with Gasteiger partial charge in [0, 0.05) is 4.88 Å². The summed E-state index contributed by atoms with van der Waals surface area (Å²) in [5.41, 5.74) is 1.72. The number of rotatable bonds is 5. The lowest BCUT2D eigenvalue weighted by Gasteiger charge is -2.09. The zero-order valence-corrected chi connectivity index (χ0v) is 16.1. The van der Waals surface area contributed by atoms with E-state index in [0.29, 0.717) is 16.0 Å². The fourth-order valence-electron chi connectivity index (χ4n) is 2.96. The molecule has 0 bridgehead atoms. The van der Waals surface area contributed by atoms with Gasteiger partial charge in [0.15, 0.2) is 0 Å². The lowest BCUT2D eigenvalue weighted by Crippen LogP contribution is -2.27. The molecule has 6 heteroatoms. The lowest BCUT2D eigenvalue weighted by molar-refractivity contribution is -0.145.